The molecule has 2 aromatic rings. The molecule has 0 fully saturated rings. The number of aryl methyl sites for hydroxylation is 1. The molecule has 0 saturated heterocycles. The van der Waals surface area contributed by atoms with E-state index in [9.17, 15) is 4.79 Å². The second-order valence-corrected chi connectivity index (χ2v) is 6.48. The molecule has 3 rings (SSSR count). The average Bonchev–Trinajstić information content (AvgIpc) is 3.11. The van der Waals surface area contributed by atoms with Crippen molar-refractivity contribution < 1.29 is 4.79 Å². The van der Waals surface area contributed by atoms with Crippen LogP contribution in [0, 0.1) is 0 Å². The number of halogens is 2. The molecule has 7 heteroatoms. The highest BCUT2D eigenvalue weighted by molar-refractivity contribution is 6.42. The van der Waals surface area contributed by atoms with Gasteiger partial charge in [0.05, 0.1) is 22.3 Å². The van der Waals surface area contributed by atoms with Crippen LogP contribution in [-0.4, -0.2) is 22.7 Å². The monoisotopic (exact) mass is 352 g/mol. The highest BCUT2D eigenvalue weighted by Crippen LogP contribution is 2.39. The van der Waals surface area contributed by atoms with E-state index in [0.717, 1.165) is 29.5 Å². The van der Waals surface area contributed by atoms with Crippen LogP contribution in [0.2, 0.25) is 10.0 Å². The number of benzene rings is 1. The topological polar surface area (TPSA) is 59.0 Å². The molecule has 2 atom stereocenters. The maximum absolute atomic E-state index is 12.6. The molecule has 1 amide bonds. The van der Waals surface area contributed by atoms with Crippen LogP contribution in [0.4, 0.5) is 0 Å². The van der Waals surface area contributed by atoms with E-state index in [1.165, 1.54) is 0 Å². The molecule has 1 heterocycles. The number of rotatable bonds is 4. The van der Waals surface area contributed by atoms with Crippen LogP contribution in [0.3, 0.4) is 0 Å². The van der Waals surface area contributed by atoms with E-state index in [1.807, 2.05) is 19.3 Å². The van der Waals surface area contributed by atoms with E-state index in [4.69, 9.17) is 23.2 Å². The van der Waals surface area contributed by atoms with Crippen molar-refractivity contribution >= 4 is 29.1 Å². The first-order valence-corrected chi connectivity index (χ1v) is 8.19. The molecule has 2 unspecified atom stereocenters. The summed E-state index contributed by atoms with van der Waals surface area (Å²) < 4.78 is 1.68. The van der Waals surface area contributed by atoms with Gasteiger partial charge in [0.15, 0.2) is 0 Å². The number of nitrogens with zero attached hydrogens (tertiary/aromatic N) is 2. The SMILES string of the molecule is CNC(C(=O)NC1CCc2c1ccc(Cl)c2Cl)c1cnn(C)c1. The van der Waals surface area contributed by atoms with Gasteiger partial charge in [-0.05, 0) is 37.1 Å². The molecule has 0 saturated carbocycles. The Kier molecular flexibility index (Phi) is 4.62. The zero-order valence-electron chi connectivity index (χ0n) is 12.9. The predicted molar refractivity (Wildman–Crippen MR) is 90.7 cm³/mol. The lowest BCUT2D eigenvalue weighted by molar-refractivity contribution is -0.123. The van der Waals surface area contributed by atoms with E-state index in [2.05, 4.69) is 15.7 Å². The Balaban J connectivity index is 1.78. The van der Waals surface area contributed by atoms with Crippen LogP contribution in [0.1, 0.15) is 35.2 Å². The number of amides is 1. The standard InChI is InChI=1S/C16H18Cl2N4O/c1-19-15(9-7-20-22(2)8-9)16(23)21-13-6-4-11-10(13)3-5-12(17)14(11)18/h3,5,7-8,13,15,19H,4,6H2,1-2H3,(H,21,23). The lowest BCUT2D eigenvalue weighted by atomic mass is 10.1. The van der Waals surface area contributed by atoms with Crippen molar-refractivity contribution in [3.63, 3.8) is 0 Å². The van der Waals surface area contributed by atoms with Gasteiger partial charge in [-0.25, -0.2) is 0 Å². The van der Waals surface area contributed by atoms with Crippen LogP contribution >= 0.6 is 23.2 Å². The van der Waals surface area contributed by atoms with E-state index in [1.54, 1.807) is 24.0 Å². The molecule has 0 bridgehead atoms. The van der Waals surface area contributed by atoms with Crippen molar-refractivity contribution in [2.75, 3.05) is 7.05 Å². The third-order valence-electron chi connectivity index (χ3n) is 4.22. The molecule has 23 heavy (non-hydrogen) atoms. The Labute approximate surface area is 145 Å². The van der Waals surface area contributed by atoms with Gasteiger partial charge >= 0.3 is 0 Å². The number of hydrogen-bond donors (Lipinski definition) is 2. The Morgan fingerprint density at radius 3 is 2.87 bits per heavy atom. The minimum atomic E-state index is -0.435. The fourth-order valence-corrected chi connectivity index (χ4v) is 3.52. The van der Waals surface area contributed by atoms with Gasteiger partial charge in [0.2, 0.25) is 5.91 Å². The third-order valence-corrected chi connectivity index (χ3v) is 5.06. The van der Waals surface area contributed by atoms with Gasteiger partial charge in [-0.2, -0.15) is 5.10 Å². The largest absolute Gasteiger partial charge is 0.348 e. The molecule has 1 aromatic heterocycles. The Morgan fingerprint density at radius 1 is 1.43 bits per heavy atom. The van der Waals surface area contributed by atoms with E-state index >= 15 is 0 Å². The highest BCUT2D eigenvalue weighted by Gasteiger charge is 2.29. The number of carbonyl (C=O) groups is 1. The lowest BCUT2D eigenvalue weighted by Gasteiger charge is -2.19. The van der Waals surface area contributed by atoms with Gasteiger partial charge in [0.1, 0.15) is 6.04 Å². The molecule has 2 N–H and O–H groups in total. The van der Waals surface area contributed by atoms with Gasteiger partial charge in [-0.1, -0.05) is 29.3 Å². The summed E-state index contributed by atoms with van der Waals surface area (Å²) in [6, 6.07) is 3.25. The number of hydrogen-bond acceptors (Lipinski definition) is 3. The molecular formula is C16H18Cl2N4O. The molecule has 0 radical (unpaired) electrons. The summed E-state index contributed by atoms with van der Waals surface area (Å²) >= 11 is 12.3. The van der Waals surface area contributed by atoms with E-state index in [0.29, 0.717) is 10.0 Å². The third kappa shape index (κ3) is 3.09. The number of carbonyl (C=O) groups excluding carboxylic acids is 1. The van der Waals surface area contributed by atoms with E-state index < -0.39 is 6.04 Å². The molecule has 0 spiro atoms. The highest BCUT2D eigenvalue weighted by atomic mass is 35.5. The maximum atomic E-state index is 12.6. The summed E-state index contributed by atoms with van der Waals surface area (Å²) in [6.45, 7) is 0. The van der Waals surface area contributed by atoms with Crippen molar-refractivity contribution in [3.8, 4) is 0 Å². The normalized spacial score (nSPS) is 17.8. The van der Waals surface area contributed by atoms with Crippen molar-refractivity contribution in [2.24, 2.45) is 7.05 Å². The van der Waals surface area contributed by atoms with Crippen molar-refractivity contribution in [2.45, 2.75) is 24.9 Å². The summed E-state index contributed by atoms with van der Waals surface area (Å²) in [5.74, 6) is -0.0792. The summed E-state index contributed by atoms with van der Waals surface area (Å²) in [4.78, 5) is 12.6. The fraction of sp³-hybridized carbons (Fsp3) is 0.375. The Hall–Kier alpha value is -1.56. The van der Waals surface area contributed by atoms with Crippen molar-refractivity contribution in [1.82, 2.24) is 20.4 Å². The minimum Gasteiger partial charge on any atom is -0.348 e. The molecule has 1 aliphatic rings. The van der Waals surface area contributed by atoms with Gasteiger partial charge in [-0.3, -0.25) is 9.48 Å². The summed E-state index contributed by atoms with van der Waals surface area (Å²) in [5.41, 5.74) is 2.92. The first kappa shape index (κ1) is 16.3. The Bertz CT molecular complexity index is 744. The van der Waals surface area contributed by atoms with Gasteiger partial charge in [-0.15, -0.1) is 0 Å². The van der Waals surface area contributed by atoms with Crippen molar-refractivity contribution in [3.05, 3.63) is 51.3 Å². The maximum Gasteiger partial charge on any atom is 0.242 e. The van der Waals surface area contributed by atoms with Crippen LogP contribution in [0.25, 0.3) is 0 Å². The zero-order chi connectivity index (χ0) is 16.6. The minimum absolute atomic E-state index is 0.0419. The number of nitrogens with one attached hydrogen (secondary N) is 2. The smallest absolute Gasteiger partial charge is 0.242 e. The fourth-order valence-electron chi connectivity index (χ4n) is 3.08. The van der Waals surface area contributed by atoms with Gasteiger partial charge in [0.25, 0.3) is 0 Å². The molecule has 5 nitrogen and oxygen atoms in total. The number of aromatic nitrogens is 2. The van der Waals surface area contributed by atoms with Crippen molar-refractivity contribution in [1.29, 1.82) is 0 Å². The molecule has 0 aliphatic heterocycles. The average molecular weight is 353 g/mol. The summed E-state index contributed by atoms with van der Waals surface area (Å²) in [6.07, 6.45) is 5.17. The molecule has 1 aliphatic carbocycles. The number of likely N-dealkylation sites (N-methyl/N-ethyl adjacent to an activating group) is 1. The number of fused-ring (bicyclic) bond motifs is 1. The van der Waals surface area contributed by atoms with E-state index in [-0.39, 0.29) is 11.9 Å². The molecule has 1 aromatic carbocycles. The molecular weight excluding hydrogens is 335 g/mol. The van der Waals surface area contributed by atoms with Crippen LogP contribution < -0.4 is 10.6 Å². The van der Waals surface area contributed by atoms with Gasteiger partial charge < -0.3 is 10.6 Å². The summed E-state index contributed by atoms with van der Waals surface area (Å²) in [7, 11) is 3.59. The first-order valence-electron chi connectivity index (χ1n) is 7.44. The van der Waals surface area contributed by atoms with Gasteiger partial charge in [0, 0.05) is 18.8 Å². The zero-order valence-corrected chi connectivity index (χ0v) is 14.4. The second kappa shape index (κ2) is 6.51. The van der Waals surface area contributed by atoms with Crippen LogP contribution in [0.15, 0.2) is 24.5 Å². The predicted octanol–water partition coefficient (Wildman–Crippen LogP) is 2.79. The Morgan fingerprint density at radius 2 is 2.22 bits per heavy atom. The van der Waals surface area contributed by atoms with Crippen LogP contribution in [0.5, 0.6) is 0 Å². The second-order valence-electron chi connectivity index (χ2n) is 5.70. The molecule has 122 valence electrons. The lowest BCUT2D eigenvalue weighted by Crippen LogP contribution is -2.37. The van der Waals surface area contributed by atoms with Crippen LogP contribution in [-0.2, 0) is 18.3 Å². The quantitative estimate of drug-likeness (QED) is 0.889. The first-order chi connectivity index (χ1) is 11.0. The summed E-state index contributed by atoms with van der Waals surface area (Å²) in [5, 5.41) is 11.4.